The Morgan fingerprint density at radius 1 is 0.286 bits per heavy atom. The first-order valence-corrected chi connectivity index (χ1v) is 22.4. The Kier molecular flexibility index (Phi) is 42.1. The van der Waals surface area contributed by atoms with Crippen LogP contribution in [0.1, 0.15) is 271 Å². The molecular weight excluding hydrogens is 604 g/mol. The number of unbranched alkanes of at least 4 members (excludes halogenated alkanes) is 36. The van der Waals surface area contributed by atoms with E-state index in [1.165, 1.54) is 218 Å². The minimum atomic E-state index is -0.157. The van der Waals surface area contributed by atoms with Crippen LogP contribution in [0.5, 0.6) is 0 Å². The molecule has 0 fully saturated rings. The number of hydrogen-bond donors (Lipinski definition) is 2. The van der Waals surface area contributed by atoms with Gasteiger partial charge in [0.15, 0.2) is 0 Å². The quantitative estimate of drug-likeness (QED) is 0.0494. The van der Waals surface area contributed by atoms with Gasteiger partial charge >= 0.3 is 0 Å². The Hall–Kier alpha value is -1.10. The van der Waals surface area contributed by atoms with Crippen molar-refractivity contribution >= 4 is 11.8 Å². The van der Waals surface area contributed by atoms with E-state index in [0.717, 1.165) is 25.7 Å². The molecule has 0 saturated carbocycles. The first-order valence-electron chi connectivity index (χ1n) is 22.4. The summed E-state index contributed by atoms with van der Waals surface area (Å²) in [5.41, 5.74) is 4.73. The summed E-state index contributed by atoms with van der Waals surface area (Å²) >= 11 is 0. The van der Waals surface area contributed by atoms with Crippen LogP contribution in [0.15, 0.2) is 0 Å². The van der Waals surface area contributed by atoms with E-state index < -0.39 is 0 Å². The molecular formula is C44H88N2O3. The third kappa shape index (κ3) is 43.0. The van der Waals surface area contributed by atoms with Crippen LogP contribution in [-0.2, 0) is 14.5 Å². The van der Waals surface area contributed by atoms with Gasteiger partial charge in [-0.05, 0) is 12.8 Å². The lowest BCUT2D eigenvalue weighted by Crippen LogP contribution is -2.34. The van der Waals surface area contributed by atoms with Gasteiger partial charge in [0.05, 0.1) is 0 Å². The Morgan fingerprint density at radius 3 is 0.633 bits per heavy atom. The lowest BCUT2D eigenvalue weighted by molar-refractivity contribution is -0.151. The van der Waals surface area contributed by atoms with Crippen LogP contribution in [0.3, 0.4) is 0 Å². The molecule has 2 amide bonds. The number of nitrogens with one attached hydrogen (secondary N) is 2. The van der Waals surface area contributed by atoms with E-state index in [1.54, 1.807) is 0 Å². The molecule has 0 unspecified atom stereocenters. The highest BCUT2D eigenvalue weighted by molar-refractivity contribution is 5.76. The van der Waals surface area contributed by atoms with Gasteiger partial charge in [-0.15, -0.1) is 0 Å². The van der Waals surface area contributed by atoms with E-state index in [4.69, 9.17) is 4.94 Å². The fourth-order valence-corrected chi connectivity index (χ4v) is 6.97. The molecule has 0 bridgehead atoms. The third-order valence-corrected chi connectivity index (χ3v) is 10.3. The van der Waals surface area contributed by atoms with Crippen molar-refractivity contribution in [2.24, 2.45) is 0 Å². The molecule has 0 aromatic rings. The van der Waals surface area contributed by atoms with Gasteiger partial charge in [0.2, 0.25) is 11.8 Å². The van der Waals surface area contributed by atoms with Crippen LogP contribution in [0.4, 0.5) is 0 Å². The second kappa shape index (κ2) is 43.1. The minimum absolute atomic E-state index is 0.157. The summed E-state index contributed by atoms with van der Waals surface area (Å²) in [6.45, 7) is 4.58. The molecule has 0 aliphatic rings. The Labute approximate surface area is 307 Å². The molecule has 0 atom stereocenters. The largest absolute Gasteiger partial charge is 0.273 e. The fourth-order valence-electron chi connectivity index (χ4n) is 6.97. The topological polar surface area (TPSA) is 67.4 Å². The van der Waals surface area contributed by atoms with E-state index in [2.05, 4.69) is 24.8 Å². The zero-order chi connectivity index (χ0) is 35.6. The molecule has 0 aliphatic carbocycles. The molecule has 0 heterocycles. The van der Waals surface area contributed by atoms with Crippen molar-refractivity contribution in [2.45, 2.75) is 271 Å². The average molecular weight is 693 g/mol. The number of rotatable bonds is 42. The molecule has 49 heavy (non-hydrogen) atoms. The maximum Gasteiger partial charge on any atom is 0.245 e. The Bertz CT molecular complexity index is 602. The molecule has 0 spiro atoms. The predicted molar refractivity (Wildman–Crippen MR) is 213 cm³/mol. The summed E-state index contributed by atoms with van der Waals surface area (Å²) in [7, 11) is 0. The van der Waals surface area contributed by atoms with E-state index >= 15 is 0 Å². The maximum atomic E-state index is 12.0. The first kappa shape index (κ1) is 47.9. The maximum absolute atomic E-state index is 12.0. The van der Waals surface area contributed by atoms with Gasteiger partial charge in [0, 0.05) is 12.8 Å². The van der Waals surface area contributed by atoms with Gasteiger partial charge in [-0.25, -0.2) is 11.0 Å². The summed E-state index contributed by atoms with van der Waals surface area (Å²) in [5.74, 6) is -0.313. The lowest BCUT2D eigenvalue weighted by atomic mass is 10.0. The second-order valence-electron chi connectivity index (χ2n) is 15.4. The van der Waals surface area contributed by atoms with Crippen molar-refractivity contribution in [1.82, 2.24) is 11.0 Å². The van der Waals surface area contributed by atoms with Crippen molar-refractivity contribution in [2.75, 3.05) is 0 Å². The number of hydrogen-bond acceptors (Lipinski definition) is 3. The van der Waals surface area contributed by atoms with Crippen molar-refractivity contribution in [3.63, 3.8) is 0 Å². The zero-order valence-corrected chi connectivity index (χ0v) is 33.5. The van der Waals surface area contributed by atoms with E-state index in [9.17, 15) is 9.59 Å². The van der Waals surface area contributed by atoms with Crippen molar-refractivity contribution in [3.05, 3.63) is 0 Å². The molecule has 0 rings (SSSR count). The molecule has 0 aromatic carbocycles. The molecule has 0 saturated heterocycles. The smallest absolute Gasteiger partial charge is 0.245 e. The molecule has 5 nitrogen and oxygen atoms in total. The van der Waals surface area contributed by atoms with Gasteiger partial charge in [-0.2, -0.15) is 4.94 Å². The standard InChI is InChI=1S/C44H88N2O3/c1-3-5-7-9-11-13-15-17-19-21-23-25-27-29-31-33-35-37-39-41-43(47)45-49-46-44(48)42-40-38-36-34-32-30-28-26-24-22-20-18-16-14-12-10-8-6-4-2/h3-42H2,1-2H3,(H,45,47)(H,46,48). The van der Waals surface area contributed by atoms with Crippen LogP contribution in [0, 0.1) is 0 Å². The van der Waals surface area contributed by atoms with Crippen LogP contribution in [-0.4, -0.2) is 11.8 Å². The lowest BCUT2D eigenvalue weighted by Gasteiger charge is -2.07. The van der Waals surface area contributed by atoms with Crippen molar-refractivity contribution < 1.29 is 14.5 Å². The van der Waals surface area contributed by atoms with Crippen LogP contribution in [0.2, 0.25) is 0 Å². The number of carbonyl (C=O) groups excluding carboxylic acids is 2. The van der Waals surface area contributed by atoms with Crippen LogP contribution in [0.25, 0.3) is 0 Å². The van der Waals surface area contributed by atoms with E-state index in [1.807, 2.05) is 0 Å². The summed E-state index contributed by atoms with van der Waals surface area (Å²) in [4.78, 5) is 28.9. The molecule has 5 heteroatoms. The highest BCUT2D eigenvalue weighted by Gasteiger charge is 2.05. The summed E-state index contributed by atoms with van der Waals surface area (Å²) in [6, 6.07) is 0. The third-order valence-electron chi connectivity index (χ3n) is 10.3. The van der Waals surface area contributed by atoms with Gasteiger partial charge in [0.25, 0.3) is 0 Å². The highest BCUT2D eigenvalue weighted by Crippen LogP contribution is 2.16. The average Bonchev–Trinajstić information content (AvgIpc) is 3.10. The predicted octanol–water partition coefficient (Wildman–Crippen LogP) is 14.7. The number of amides is 2. The molecule has 292 valence electrons. The Morgan fingerprint density at radius 2 is 0.449 bits per heavy atom. The van der Waals surface area contributed by atoms with Gasteiger partial charge in [0.1, 0.15) is 0 Å². The highest BCUT2D eigenvalue weighted by atomic mass is 16.8. The van der Waals surface area contributed by atoms with Crippen molar-refractivity contribution in [3.8, 4) is 0 Å². The monoisotopic (exact) mass is 693 g/mol. The van der Waals surface area contributed by atoms with Gasteiger partial charge in [-0.1, -0.05) is 245 Å². The van der Waals surface area contributed by atoms with Crippen molar-refractivity contribution in [1.29, 1.82) is 0 Å². The second-order valence-corrected chi connectivity index (χ2v) is 15.4. The summed E-state index contributed by atoms with van der Waals surface area (Å²) in [5, 5.41) is 0. The first-order chi connectivity index (χ1) is 24.2. The SMILES string of the molecule is CCCCCCCCCCCCCCCCCCCCCC(=O)NONC(=O)CCCCCCCCCCCCCCCCCCCCC. The number of hydroxylamine groups is 2. The minimum Gasteiger partial charge on any atom is -0.273 e. The summed E-state index contributed by atoms with van der Waals surface area (Å²) < 4.78 is 0. The molecule has 0 radical (unpaired) electrons. The zero-order valence-electron chi connectivity index (χ0n) is 33.5. The van der Waals surface area contributed by atoms with Gasteiger partial charge < -0.3 is 0 Å². The molecule has 0 aromatic heterocycles. The number of carbonyl (C=O) groups is 2. The summed E-state index contributed by atoms with van der Waals surface area (Å²) in [6.07, 6.45) is 52.0. The van der Waals surface area contributed by atoms with Crippen LogP contribution >= 0.6 is 0 Å². The van der Waals surface area contributed by atoms with E-state index in [-0.39, 0.29) is 11.8 Å². The normalized spacial score (nSPS) is 11.3. The molecule has 2 N–H and O–H groups in total. The fraction of sp³-hybridized carbons (Fsp3) is 0.955. The van der Waals surface area contributed by atoms with Crippen LogP contribution < -0.4 is 11.0 Å². The Balaban J connectivity index is 3.24. The van der Waals surface area contributed by atoms with Gasteiger partial charge in [-0.3, -0.25) is 9.59 Å². The molecule has 0 aliphatic heterocycles. The van der Waals surface area contributed by atoms with E-state index in [0.29, 0.717) is 12.8 Å².